The van der Waals surface area contributed by atoms with Gasteiger partial charge in [0.2, 0.25) is 0 Å². The molecule has 0 atom stereocenters. The molecular weight excluding hydrogens is 222 g/mol. The summed E-state index contributed by atoms with van der Waals surface area (Å²) >= 11 is 0. The number of ether oxygens (including phenoxy) is 1. The summed E-state index contributed by atoms with van der Waals surface area (Å²) in [5.74, 6) is 1.87. The van der Waals surface area contributed by atoms with Gasteiger partial charge < -0.3 is 10.1 Å². The van der Waals surface area contributed by atoms with Gasteiger partial charge in [-0.25, -0.2) is 0 Å². The van der Waals surface area contributed by atoms with Gasteiger partial charge in [0, 0.05) is 18.2 Å². The van der Waals surface area contributed by atoms with Crippen molar-refractivity contribution < 1.29 is 4.74 Å². The predicted octanol–water partition coefficient (Wildman–Crippen LogP) is 3.51. The maximum Gasteiger partial charge on any atom is 0.123 e. The third kappa shape index (κ3) is 3.26. The molecule has 18 heavy (non-hydrogen) atoms. The van der Waals surface area contributed by atoms with Crippen LogP contribution in [0.3, 0.4) is 0 Å². The lowest BCUT2D eigenvalue weighted by Crippen LogP contribution is -2.17. The molecule has 0 amide bonds. The minimum Gasteiger partial charge on any atom is -0.493 e. The summed E-state index contributed by atoms with van der Waals surface area (Å²) in [7, 11) is 0. The Balaban J connectivity index is 1.55. The Hall–Kier alpha value is -1.02. The van der Waals surface area contributed by atoms with Crippen molar-refractivity contribution in [1.29, 1.82) is 0 Å². The summed E-state index contributed by atoms with van der Waals surface area (Å²) < 4.78 is 6.03. The standard InChI is InChI=1S/C16H23NO/c1-2-6-13(5-1)12-18-16-8-4-3-7-14(16)11-17-15-9-10-15/h3-4,7-8,13,15,17H,1-2,5-6,9-12H2. The van der Waals surface area contributed by atoms with E-state index < -0.39 is 0 Å². The molecule has 0 spiro atoms. The lowest BCUT2D eigenvalue weighted by atomic mass is 10.1. The van der Waals surface area contributed by atoms with E-state index in [0.717, 1.165) is 30.9 Å². The molecule has 2 fully saturated rings. The SMILES string of the molecule is c1ccc(OCC2CCCC2)c(CNC2CC2)c1. The largest absolute Gasteiger partial charge is 0.493 e. The van der Waals surface area contributed by atoms with Crippen molar-refractivity contribution in [2.45, 2.75) is 51.1 Å². The van der Waals surface area contributed by atoms with Crippen LogP contribution in [0.2, 0.25) is 0 Å². The van der Waals surface area contributed by atoms with Crippen molar-refractivity contribution in [2.75, 3.05) is 6.61 Å². The van der Waals surface area contributed by atoms with E-state index in [0.29, 0.717) is 0 Å². The van der Waals surface area contributed by atoms with Gasteiger partial charge in [-0.2, -0.15) is 0 Å². The molecule has 98 valence electrons. The zero-order valence-corrected chi connectivity index (χ0v) is 11.0. The minimum absolute atomic E-state index is 0.757. The second kappa shape index (κ2) is 5.75. The van der Waals surface area contributed by atoms with Gasteiger partial charge in [-0.15, -0.1) is 0 Å². The van der Waals surface area contributed by atoms with Gasteiger partial charge in [0.25, 0.3) is 0 Å². The first-order valence-electron chi connectivity index (χ1n) is 7.36. The molecule has 0 bridgehead atoms. The van der Waals surface area contributed by atoms with E-state index in [2.05, 4.69) is 29.6 Å². The number of hydrogen-bond acceptors (Lipinski definition) is 2. The van der Waals surface area contributed by atoms with Gasteiger partial charge in [0.1, 0.15) is 5.75 Å². The molecule has 0 unspecified atom stereocenters. The van der Waals surface area contributed by atoms with Gasteiger partial charge in [-0.3, -0.25) is 0 Å². The lowest BCUT2D eigenvalue weighted by Gasteiger charge is -2.15. The molecule has 1 N–H and O–H groups in total. The Morgan fingerprint density at radius 3 is 2.61 bits per heavy atom. The van der Waals surface area contributed by atoms with Crippen LogP contribution in [-0.4, -0.2) is 12.6 Å². The normalized spacial score (nSPS) is 20.2. The molecule has 2 saturated carbocycles. The average molecular weight is 245 g/mol. The topological polar surface area (TPSA) is 21.3 Å². The monoisotopic (exact) mass is 245 g/mol. The van der Waals surface area contributed by atoms with Crippen molar-refractivity contribution in [3.05, 3.63) is 29.8 Å². The van der Waals surface area contributed by atoms with Crippen LogP contribution in [0.15, 0.2) is 24.3 Å². The number of benzene rings is 1. The molecule has 0 radical (unpaired) electrons. The molecule has 2 heteroatoms. The van der Waals surface area contributed by atoms with Crippen molar-refractivity contribution in [2.24, 2.45) is 5.92 Å². The molecule has 0 aromatic heterocycles. The van der Waals surface area contributed by atoms with Crippen LogP contribution in [0.5, 0.6) is 5.75 Å². The summed E-state index contributed by atoms with van der Waals surface area (Å²) in [6.45, 7) is 1.85. The highest BCUT2D eigenvalue weighted by atomic mass is 16.5. The number of rotatable bonds is 6. The molecule has 0 heterocycles. The number of nitrogens with one attached hydrogen (secondary N) is 1. The molecular formula is C16H23NO. The fourth-order valence-electron chi connectivity index (χ4n) is 2.72. The summed E-state index contributed by atoms with van der Waals surface area (Å²) in [5.41, 5.74) is 1.31. The van der Waals surface area contributed by atoms with E-state index in [1.54, 1.807) is 0 Å². The van der Waals surface area contributed by atoms with Crippen LogP contribution >= 0.6 is 0 Å². The molecule has 2 nitrogen and oxygen atoms in total. The number of para-hydroxylation sites is 1. The Morgan fingerprint density at radius 2 is 1.83 bits per heavy atom. The van der Waals surface area contributed by atoms with E-state index in [1.807, 2.05) is 0 Å². The second-order valence-electron chi connectivity index (χ2n) is 5.72. The minimum atomic E-state index is 0.757. The highest BCUT2D eigenvalue weighted by molar-refractivity contribution is 5.33. The molecule has 2 aliphatic carbocycles. The Kier molecular flexibility index (Phi) is 3.84. The van der Waals surface area contributed by atoms with Crippen molar-refractivity contribution in [3.63, 3.8) is 0 Å². The summed E-state index contributed by atoms with van der Waals surface area (Å²) in [5, 5.41) is 3.56. The average Bonchev–Trinajstić information content (AvgIpc) is 3.09. The smallest absolute Gasteiger partial charge is 0.123 e. The Labute approximate surface area is 110 Å². The van der Waals surface area contributed by atoms with Crippen LogP contribution in [0, 0.1) is 5.92 Å². The number of hydrogen-bond donors (Lipinski definition) is 1. The van der Waals surface area contributed by atoms with E-state index in [1.165, 1.54) is 44.1 Å². The Bertz CT molecular complexity index is 380. The maximum atomic E-state index is 6.03. The third-order valence-electron chi connectivity index (χ3n) is 4.08. The van der Waals surface area contributed by atoms with Gasteiger partial charge >= 0.3 is 0 Å². The molecule has 0 saturated heterocycles. The highest BCUT2D eigenvalue weighted by Crippen LogP contribution is 2.27. The van der Waals surface area contributed by atoms with Crippen molar-refractivity contribution in [3.8, 4) is 5.75 Å². The van der Waals surface area contributed by atoms with Gasteiger partial charge in [0.15, 0.2) is 0 Å². The molecule has 2 aliphatic rings. The fourth-order valence-corrected chi connectivity index (χ4v) is 2.72. The van der Waals surface area contributed by atoms with Gasteiger partial charge in [0.05, 0.1) is 6.61 Å². The van der Waals surface area contributed by atoms with Crippen LogP contribution in [0.1, 0.15) is 44.1 Å². The quantitative estimate of drug-likeness (QED) is 0.828. The molecule has 1 aromatic carbocycles. The Morgan fingerprint density at radius 1 is 1.06 bits per heavy atom. The second-order valence-corrected chi connectivity index (χ2v) is 5.72. The zero-order valence-electron chi connectivity index (χ0n) is 11.0. The first-order chi connectivity index (χ1) is 8.92. The van der Waals surface area contributed by atoms with Crippen LogP contribution in [-0.2, 0) is 6.54 Å². The van der Waals surface area contributed by atoms with E-state index in [9.17, 15) is 0 Å². The van der Waals surface area contributed by atoms with Crippen molar-refractivity contribution >= 4 is 0 Å². The first kappa shape index (κ1) is 12.0. The highest BCUT2D eigenvalue weighted by Gasteiger charge is 2.21. The summed E-state index contributed by atoms with van der Waals surface area (Å²) in [4.78, 5) is 0. The maximum absolute atomic E-state index is 6.03. The first-order valence-corrected chi connectivity index (χ1v) is 7.36. The molecule has 1 aromatic rings. The van der Waals surface area contributed by atoms with Gasteiger partial charge in [-0.05, 0) is 37.7 Å². The summed E-state index contributed by atoms with van der Waals surface area (Å²) in [6, 6.07) is 9.22. The fraction of sp³-hybridized carbons (Fsp3) is 0.625. The van der Waals surface area contributed by atoms with E-state index >= 15 is 0 Å². The predicted molar refractivity (Wildman–Crippen MR) is 73.8 cm³/mol. The van der Waals surface area contributed by atoms with E-state index in [4.69, 9.17) is 4.74 Å². The van der Waals surface area contributed by atoms with Crippen LogP contribution in [0.4, 0.5) is 0 Å². The van der Waals surface area contributed by atoms with Crippen LogP contribution < -0.4 is 10.1 Å². The van der Waals surface area contributed by atoms with Gasteiger partial charge in [-0.1, -0.05) is 31.0 Å². The molecule has 3 rings (SSSR count). The molecule has 0 aliphatic heterocycles. The third-order valence-corrected chi connectivity index (χ3v) is 4.08. The van der Waals surface area contributed by atoms with Crippen molar-refractivity contribution in [1.82, 2.24) is 5.32 Å². The van der Waals surface area contributed by atoms with E-state index in [-0.39, 0.29) is 0 Å². The lowest BCUT2D eigenvalue weighted by molar-refractivity contribution is 0.249. The summed E-state index contributed by atoms with van der Waals surface area (Å²) in [6.07, 6.45) is 8.15. The zero-order chi connectivity index (χ0) is 12.2. The van der Waals surface area contributed by atoms with Crippen LogP contribution in [0.25, 0.3) is 0 Å².